The molecule has 1 aromatic heterocycles. The summed E-state index contributed by atoms with van der Waals surface area (Å²) in [5.74, 6) is 1.33. The van der Waals surface area contributed by atoms with Gasteiger partial charge in [-0.3, -0.25) is 9.59 Å². The Hall–Kier alpha value is -3.15. The maximum atomic E-state index is 11.9. The molecular weight excluding hydrogens is 340 g/mol. The van der Waals surface area contributed by atoms with Crippen molar-refractivity contribution >= 4 is 34.2 Å². The molecule has 0 aliphatic heterocycles. The van der Waals surface area contributed by atoms with Gasteiger partial charge >= 0.3 is 0 Å². The van der Waals surface area contributed by atoms with Crippen LogP contribution in [0.15, 0.2) is 42.5 Å². The minimum atomic E-state index is 0.0953. The van der Waals surface area contributed by atoms with Gasteiger partial charge < -0.3 is 15.6 Å². The maximum absolute atomic E-state index is 11.9. The summed E-state index contributed by atoms with van der Waals surface area (Å²) in [4.78, 5) is 31.7. The molecule has 0 atom stereocenters. The Kier molecular flexibility index (Phi) is 3.70. The van der Waals surface area contributed by atoms with Crippen LogP contribution in [-0.2, 0) is 9.59 Å². The molecule has 2 aliphatic rings. The van der Waals surface area contributed by atoms with Gasteiger partial charge in [-0.15, -0.1) is 0 Å². The molecule has 2 saturated carbocycles. The van der Waals surface area contributed by atoms with Crippen molar-refractivity contribution in [3.8, 4) is 11.4 Å². The monoisotopic (exact) mass is 360 g/mol. The number of aromatic amines is 1. The van der Waals surface area contributed by atoms with Crippen LogP contribution < -0.4 is 10.6 Å². The Morgan fingerprint density at radius 1 is 0.852 bits per heavy atom. The number of carbonyl (C=O) groups is 2. The van der Waals surface area contributed by atoms with Crippen LogP contribution in [0.3, 0.4) is 0 Å². The molecule has 1 heterocycles. The van der Waals surface area contributed by atoms with Crippen molar-refractivity contribution in [1.82, 2.24) is 9.97 Å². The van der Waals surface area contributed by atoms with Crippen LogP contribution in [0.5, 0.6) is 0 Å². The number of nitrogens with one attached hydrogen (secondary N) is 3. The molecule has 2 aliphatic carbocycles. The summed E-state index contributed by atoms with van der Waals surface area (Å²) < 4.78 is 0. The second kappa shape index (κ2) is 6.23. The van der Waals surface area contributed by atoms with E-state index in [-0.39, 0.29) is 23.7 Å². The van der Waals surface area contributed by atoms with E-state index in [4.69, 9.17) is 0 Å². The largest absolute Gasteiger partial charge is 0.338 e. The third kappa shape index (κ3) is 3.43. The normalized spacial score (nSPS) is 16.3. The minimum absolute atomic E-state index is 0.0953. The number of nitrogens with zero attached hydrogens (tertiary/aromatic N) is 1. The fourth-order valence-corrected chi connectivity index (χ4v) is 3.12. The van der Waals surface area contributed by atoms with Gasteiger partial charge in [0.15, 0.2) is 0 Å². The predicted molar refractivity (Wildman–Crippen MR) is 104 cm³/mol. The van der Waals surface area contributed by atoms with E-state index in [0.717, 1.165) is 59.5 Å². The van der Waals surface area contributed by atoms with Gasteiger partial charge in [0.2, 0.25) is 11.8 Å². The van der Waals surface area contributed by atoms with Crippen LogP contribution in [0.25, 0.3) is 22.4 Å². The molecule has 0 unspecified atom stereocenters. The smallest absolute Gasteiger partial charge is 0.227 e. The van der Waals surface area contributed by atoms with E-state index in [2.05, 4.69) is 20.6 Å². The fraction of sp³-hybridized carbons (Fsp3) is 0.286. The van der Waals surface area contributed by atoms with Gasteiger partial charge in [0.25, 0.3) is 0 Å². The van der Waals surface area contributed by atoms with Crippen LogP contribution in [0.1, 0.15) is 25.7 Å². The van der Waals surface area contributed by atoms with Gasteiger partial charge in [0.1, 0.15) is 5.82 Å². The van der Waals surface area contributed by atoms with E-state index >= 15 is 0 Å². The van der Waals surface area contributed by atoms with E-state index in [0.29, 0.717) is 0 Å². The zero-order valence-corrected chi connectivity index (χ0v) is 14.8. The predicted octanol–water partition coefficient (Wildman–Crippen LogP) is 3.93. The van der Waals surface area contributed by atoms with Gasteiger partial charge in [0, 0.05) is 28.8 Å². The molecule has 2 aromatic carbocycles. The van der Waals surface area contributed by atoms with E-state index < -0.39 is 0 Å². The topological polar surface area (TPSA) is 86.9 Å². The summed E-state index contributed by atoms with van der Waals surface area (Å²) in [6.45, 7) is 0. The van der Waals surface area contributed by atoms with Gasteiger partial charge in [-0.25, -0.2) is 4.98 Å². The van der Waals surface area contributed by atoms with Gasteiger partial charge in [-0.2, -0.15) is 0 Å². The number of rotatable bonds is 5. The standard InChI is InChI=1S/C21H20N4O2/c26-20(13-1-2-13)22-15-7-5-12(6-8-15)19-24-17-10-9-16(11-18(17)25-19)23-21(27)14-3-4-14/h5-11,13-14H,1-4H2,(H,22,26)(H,23,27)(H,24,25). The average molecular weight is 360 g/mol. The first-order valence-corrected chi connectivity index (χ1v) is 9.38. The van der Waals surface area contributed by atoms with Crippen molar-refractivity contribution in [2.75, 3.05) is 10.6 Å². The lowest BCUT2D eigenvalue weighted by Crippen LogP contribution is -2.13. The Bertz CT molecular complexity index is 1030. The van der Waals surface area contributed by atoms with E-state index in [9.17, 15) is 9.59 Å². The number of benzene rings is 2. The highest BCUT2D eigenvalue weighted by Crippen LogP contribution is 2.31. The molecule has 5 rings (SSSR count). The number of anilines is 2. The second-order valence-electron chi connectivity index (χ2n) is 7.42. The summed E-state index contributed by atoms with van der Waals surface area (Å²) in [6, 6.07) is 13.4. The van der Waals surface area contributed by atoms with Crippen molar-refractivity contribution in [2.45, 2.75) is 25.7 Å². The molecule has 6 nitrogen and oxygen atoms in total. The average Bonchev–Trinajstić information content (AvgIpc) is 3.57. The number of carbonyl (C=O) groups excluding carboxylic acids is 2. The lowest BCUT2D eigenvalue weighted by Gasteiger charge is -2.04. The first kappa shape index (κ1) is 16.1. The molecule has 2 fully saturated rings. The summed E-state index contributed by atoms with van der Waals surface area (Å²) >= 11 is 0. The molecule has 27 heavy (non-hydrogen) atoms. The molecule has 3 N–H and O–H groups in total. The molecule has 0 saturated heterocycles. The number of hydrogen-bond donors (Lipinski definition) is 3. The number of H-pyrrole nitrogens is 1. The van der Waals surface area contributed by atoms with Crippen LogP contribution in [0.2, 0.25) is 0 Å². The number of fused-ring (bicyclic) bond motifs is 1. The maximum Gasteiger partial charge on any atom is 0.227 e. The molecular formula is C21H20N4O2. The Morgan fingerprint density at radius 3 is 2.07 bits per heavy atom. The fourth-order valence-electron chi connectivity index (χ4n) is 3.12. The molecule has 0 radical (unpaired) electrons. The zero-order valence-electron chi connectivity index (χ0n) is 14.8. The number of imidazole rings is 1. The van der Waals surface area contributed by atoms with Crippen molar-refractivity contribution in [3.63, 3.8) is 0 Å². The highest BCUT2D eigenvalue weighted by atomic mass is 16.2. The first-order valence-electron chi connectivity index (χ1n) is 9.38. The number of amides is 2. The van der Waals surface area contributed by atoms with Crippen LogP contribution in [-0.4, -0.2) is 21.8 Å². The molecule has 6 heteroatoms. The highest BCUT2D eigenvalue weighted by molar-refractivity contribution is 5.96. The Morgan fingerprint density at radius 2 is 1.44 bits per heavy atom. The van der Waals surface area contributed by atoms with Crippen molar-refractivity contribution in [2.24, 2.45) is 11.8 Å². The van der Waals surface area contributed by atoms with Crippen molar-refractivity contribution < 1.29 is 9.59 Å². The third-order valence-electron chi connectivity index (χ3n) is 5.07. The zero-order chi connectivity index (χ0) is 18.4. The minimum Gasteiger partial charge on any atom is -0.338 e. The summed E-state index contributed by atoms with van der Waals surface area (Å²) in [7, 11) is 0. The van der Waals surface area contributed by atoms with Crippen LogP contribution >= 0.6 is 0 Å². The second-order valence-corrected chi connectivity index (χ2v) is 7.42. The lowest BCUT2D eigenvalue weighted by molar-refractivity contribution is -0.118. The van der Waals surface area contributed by atoms with E-state index in [1.54, 1.807) is 0 Å². The summed E-state index contributed by atoms with van der Waals surface area (Å²) in [5, 5.41) is 5.90. The molecule has 136 valence electrons. The van der Waals surface area contributed by atoms with Crippen LogP contribution in [0, 0.1) is 11.8 Å². The lowest BCUT2D eigenvalue weighted by atomic mass is 10.2. The summed E-state index contributed by atoms with van der Waals surface area (Å²) in [5.41, 5.74) is 4.26. The molecule has 0 spiro atoms. The van der Waals surface area contributed by atoms with E-state index in [1.807, 2.05) is 42.5 Å². The van der Waals surface area contributed by atoms with Crippen molar-refractivity contribution in [1.29, 1.82) is 0 Å². The molecule has 0 bridgehead atoms. The number of hydrogen-bond acceptors (Lipinski definition) is 3. The summed E-state index contributed by atoms with van der Waals surface area (Å²) in [6.07, 6.45) is 3.96. The SMILES string of the molecule is O=C(Nc1ccc(-c2nc3ccc(NC(=O)C4CC4)cc3[nH]2)cc1)C1CC1. The van der Waals surface area contributed by atoms with Crippen LogP contribution in [0.4, 0.5) is 11.4 Å². The molecule has 3 aromatic rings. The quantitative estimate of drug-likeness (QED) is 0.644. The molecule has 2 amide bonds. The van der Waals surface area contributed by atoms with Gasteiger partial charge in [0.05, 0.1) is 11.0 Å². The third-order valence-corrected chi connectivity index (χ3v) is 5.07. The highest BCUT2D eigenvalue weighted by Gasteiger charge is 2.30. The first-order chi connectivity index (χ1) is 13.2. The van der Waals surface area contributed by atoms with Gasteiger partial charge in [-0.1, -0.05) is 0 Å². The van der Waals surface area contributed by atoms with E-state index in [1.165, 1.54) is 0 Å². The Balaban J connectivity index is 1.34. The van der Waals surface area contributed by atoms with Gasteiger partial charge in [-0.05, 0) is 68.1 Å². The Labute approximate surface area is 156 Å². The van der Waals surface area contributed by atoms with Crippen molar-refractivity contribution in [3.05, 3.63) is 42.5 Å². The number of aromatic nitrogens is 2.